The molecule has 222 valence electrons. The summed E-state index contributed by atoms with van der Waals surface area (Å²) < 4.78 is 11.6. The van der Waals surface area contributed by atoms with E-state index in [1.54, 1.807) is 25.1 Å². The van der Waals surface area contributed by atoms with E-state index in [0.717, 1.165) is 29.2 Å². The molecule has 2 aromatic carbocycles. The highest BCUT2D eigenvalue weighted by molar-refractivity contribution is 7.77. The lowest BCUT2D eigenvalue weighted by atomic mass is 9.99. The zero-order valence-corrected chi connectivity index (χ0v) is 28.5. The van der Waals surface area contributed by atoms with E-state index in [9.17, 15) is 0 Å². The van der Waals surface area contributed by atoms with E-state index in [4.69, 9.17) is 9.47 Å². The fraction of sp³-hybridized carbons (Fsp3) is 0.568. The molecule has 0 unspecified atom stereocenters. The van der Waals surface area contributed by atoms with Gasteiger partial charge in [-0.3, -0.25) is 0 Å². The third kappa shape index (κ3) is 6.50. The Morgan fingerprint density at radius 2 is 1.07 bits per heavy atom. The van der Waals surface area contributed by atoms with Gasteiger partial charge in [0.2, 0.25) is 0 Å². The molecule has 5 rings (SSSR count). The molecule has 0 aromatic heterocycles. The van der Waals surface area contributed by atoms with Crippen molar-refractivity contribution in [3.05, 3.63) is 69.6 Å². The minimum absolute atomic E-state index is 0.0377. The molecule has 0 spiro atoms. The number of ether oxygens (including phenoxy) is 2. The molecule has 0 N–H and O–H groups in total. The van der Waals surface area contributed by atoms with Crippen molar-refractivity contribution in [3.63, 3.8) is 0 Å². The van der Waals surface area contributed by atoms with Crippen LogP contribution in [0.5, 0.6) is 11.5 Å². The number of benzene rings is 2. The molecule has 0 radical (unpaired) electrons. The molecular weight excluding hydrogens is 538 g/mol. The number of hydrogen-bond acceptors (Lipinski definition) is 2. The van der Waals surface area contributed by atoms with Gasteiger partial charge < -0.3 is 9.47 Å². The molecule has 2 aromatic rings. The molecule has 2 saturated carbocycles. The highest BCUT2D eigenvalue weighted by atomic mass is 31.1. The summed E-state index contributed by atoms with van der Waals surface area (Å²) in [6, 6.07) is 9.69. The summed E-state index contributed by atoms with van der Waals surface area (Å²) in [5.41, 5.74) is 9.25. The summed E-state index contributed by atoms with van der Waals surface area (Å²) in [5, 5.41) is 4.62. The molecule has 3 aliphatic rings. The van der Waals surface area contributed by atoms with E-state index < -0.39 is 7.92 Å². The Labute approximate surface area is 252 Å². The Bertz CT molecular complexity index is 1160. The third-order valence-corrected chi connectivity index (χ3v) is 16.3. The van der Waals surface area contributed by atoms with Crippen LogP contribution in [0.15, 0.2) is 47.3 Å². The molecule has 0 heterocycles. The van der Waals surface area contributed by atoms with E-state index in [-0.39, 0.29) is 7.92 Å². The summed E-state index contributed by atoms with van der Waals surface area (Å²) in [6.45, 7) is 11.5. The van der Waals surface area contributed by atoms with E-state index in [2.05, 4.69) is 71.0 Å². The molecular formula is C37H52O2P2. The molecule has 2 nitrogen and oxygen atoms in total. The van der Waals surface area contributed by atoms with Crippen molar-refractivity contribution in [2.75, 3.05) is 14.2 Å². The Hall–Kier alpha value is -1.62. The van der Waals surface area contributed by atoms with Gasteiger partial charge in [-0.25, -0.2) is 0 Å². The molecule has 4 heteroatoms. The van der Waals surface area contributed by atoms with Gasteiger partial charge in [-0.1, -0.05) is 65.5 Å². The van der Waals surface area contributed by atoms with Crippen molar-refractivity contribution in [2.24, 2.45) is 0 Å². The first-order valence-corrected chi connectivity index (χ1v) is 19.0. The Morgan fingerprint density at radius 3 is 1.46 bits per heavy atom. The monoisotopic (exact) mass is 590 g/mol. The van der Waals surface area contributed by atoms with Crippen molar-refractivity contribution in [2.45, 2.75) is 122 Å². The highest BCUT2D eigenvalue weighted by Crippen LogP contribution is 2.63. The summed E-state index contributed by atoms with van der Waals surface area (Å²) in [6.07, 6.45) is 20.7. The van der Waals surface area contributed by atoms with Gasteiger partial charge >= 0.3 is 0 Å². The first-order valence-electron chi connectivity index (χ1n) is 16.1. The summed E-state index contributed by atoms with van der Waals surface area (Å²) in [4.78, 5) is 0. The van der Waals surface area contributed by atoms with E-state index in [0.29, 0.717) is 5.66 Å². The predicted octanol–water partition coefficient (Wildman–Crippen LogP) is 10.1. The van der Waals surface area contributed by atoms with E-state index in [1.165, 1.54) is 97.1 Å². The van der Waals surface area contributed by atoms with Crippen LogP contribution in [0.2, 0.25) is 0 Å². The van der Waals surface area contributed by atoms with Crippen LogP contribution in [-0.2, 0) is 0 Å². The standard InChI is InChI=1S/C37H52O2P2/c1-25-21-32(22-26(2)36(25)38-6)41(33-23-27(3)37(39-7)28(4)24-33)35-20-14-19-34(35)29(5)40(30-15-10-8-11-16-30)31-17-12-9-13-18-31/h14,19,21-24,29-31H,8-13,15-18,20H2,1-7H3/t29-/m1/s1. The highest BCUT2D eigenvalue weighted by Gasteiger charge is 2.38. The SMILES string of the molecule is COc1c(C)cc(P(C2=C([C@@H](C)P(C3CCCCC3)C3CCCCC3)C=CC2)c2cc(C)c(OC)c(C)c2)cc1C. The van der Waals surface area contributed by atoms with E-state index in [1.807, 2.05) is 0 Å². The second-order valence-electron chi connectivity index (χ2n) is 12.8. The van der Waals surface area contributed by atoms with Crippen molar-refractivity contribution in [3.8, 4) is 11.5 Å². The summed E-state index contributed by atoms with van der Waals surface area (Å²) >= 11 is 0. The van der Waals surface area contributed by atoms with Gasteiger partial charge in [-0.2, -0.15) is 0 Å². The zero-order valence-electron chi connectivity index (χ0n) is 26.7. The maximum absolute atomic E-state index is 5.80. The second kappa shape index (κ2) is 13.8. The predicted molar refractivity (Wildman–Crippen MR) is 182 cm³/mol. The first kappa shape index (κ1) is 30.8. The van der Waals surface area contributed by atoms with Gasteiger partial charge in [0, 0.05) is 5.66 Å². The van der Waals surface area contributed by atoms with Crippen molar-refractivity contribution >= 4 is 26.5 Å². The van der Waals surface area contributed by atoms with Crippen LogP contribution in [0.4, 0.5) is 0 Å². The summed E-state index contributed by atoms with van der Waals surface area (Å²) in [5.74, 6) is 2.05. The van der Waals surface area contributed by atoms with Crippen molar-refractivity contribution in [1.82, 2.24) is 0 Å². The van der Waals surface area contributed by atoms with Crippen molar-refractivity contribution < 1.29 is 9.47 Å². The lowest BCUT2D eigenvalue weighted by Crippen LogP contribution is -2.26. The molecule has 0 amide bonds. The first-order chi connectivity index (χ1) is 19.8. The fourth-order valence-corrected chi connectivity index (χ4v) is 15.7. The van der Waals surface area contributed by atoms with Gasteiger partial charge in [-0.05, 0) is 147 Å². The molecule has 0 bridgehead atoms. The molecule has 2 fully saturated rings. The van der Waals surface area contributed by atoms with Crippen LogP contribution in [-0.4, -0.2) is 31.2 Å². The minimum Gasteiger partial charge on any atom is -0.496 e. The molecule has 41 heavy (non-hydrogen) atoms. The van der Waals surface area contributed by atoms with E-state index >= 15 is 0 Å². The number of allylic oxidation sites excluding steroid dienone is 4. The van der Waals surface area contributed by atoms with Crippen LogP contribution in [0.25, 0.3) is 0 Å². The average molecular weight is 591 g/mol. The Kier molecular flexibility index (Phi) is 10.4. The number of methoxy groups -OCH3 is 2. The van der Waals surface area contributed by atoms with Crippen LogP contribution < -0.4 is 20.1 Å². The van der Waals surface area contributed by atoms with Gasteiger partial charge in [-0.15, -0.1) is 0 Å². The maximum atomic E-state index is 5.80. The third-order valence-electron chi connectivity index (χ3n) is 9.92. The van der Waals surface area contributed by atoms with Gasteiger partial charge in [0.15, 0.2) is 0 Å². The van der Waals surface area contributed by atoms with Crippen molar-refractivity contribution in [1.29, 1.82) is 0 Å². The fourth-order valence-electron chi connectivity index (χ4n) is 8.18. The average Bonchev–Trinajstić information content (AvgIpc) is 3.44. The molecule has 0 aliphatic heterocycles. The normalized spacial score (nSPS) is 19.4. The quantitative estimate of drug-likeness (QED) is 0.271. The van der Waals surface area contributed by atoms with Gasteiger partial charge in [0.25, 0.3) is 0 Å². The van der Waals surface area contributed by atoms with Crippen LogP contribution in [0.1, 0.15) is 99.8 Å². The summed E-state index contributed by atoms with van der Waals surface area (Å²) in [7, 11) is 2.90. The second-order valence-corrected chi connectivity index (χ2v) is 18.1. The Morgan fingerprint density at radius 1 is 0.659 bits per heavy atom. The number of aryl methyl sites for hydroxylation is 4. The Balaban J connectivity index is 1.64. The van der Waals surface area contributed by atoms with Gasteiger partial charge in [0.1, 0.15) is 11.5 Å². The van der Waals surface area contributed by atoms with Crippen LogP contribution in [0, 0.1) is 27.7 Å². The lowest BCUT2D eigenvalue weighted by molar-refractivity contribution is 0.408. The molecule has 1 atom stereocenters. The van der Waals surface area contributed by atoms with Crippen LogP contribution >= 0.6 is 15.8 Å². The number of rotatable bonds is 9. The minimum atomic E-state index is -0.667. The maximum Gasteiger partial charge on any atom is 0.124 e. The topological polar surface area (TPSA) is 18.5 Å². The lowest BCUT2D eigenvalue weighted by Gasteiger charge is -2.43. The largest absolute Gasteiger partial charge is 0.496 e. The zero-order chi connectivity index (χ0) is 29.1. The molecule has 0 saturated heterocycles. The smallest absolute Gasteiger partial charge is 0.124 e. The van der Waals surface area contributed by atoms with Crippen LogP contribution in [0.3, 0.4) is 0 Å². The molecule has 3 aliphatic carbocycles. The van der Waals surface area contributed by atoms with Gasteiger partial charge in [0.05, 0.1) is 14.2 Å². The number of hydrogen-bond donors (Lipinski definition) is 0.